The number of likely N-dealkylation sites (tertiary alicyclic amines) is 1. The lowest BCUT2D eigenvalue weighted by Gasteiger charge is -2.36. The molecule has 2 aliphatic rings. The number of carbonyl (C=O) groups is 1. The third-order valence-corrected chi connectivity index (χ3v) is 6.71. The fourth-order valence-corrected chi connectivity index (χ4v) is 4.88. The van der Waals surface area contributed by atoms with Crippen molar-refractivity contribution in [1.82, 2.24) is 19.4 Å². The number of amides is 1. The van der Waals surface area contributed by atoms with Crippen LogP contribution in [0, 0.1) is 12.8 Å². The van der Waals surface area contributed by atoms with Crippen LogP contribution in [0.1, 0.15) is 36.9 Å². The van der Waals surface area contributed by atoms with E-state index < -0.39 is 0 Å². The average Bonchev–Trinajstić information content (AvgIpc) is 3.54. The van der Waals surface area contributed by atoms with E-state index in [4.69, 9.17) is 0 Å². The van der Waals surface area contributed by atoms with Crippen molar-refractivity contribution >= 4 is 5.91 Å². The summed E-state index contributed by atoms with van der Waals surface area (Å²) in [7, 11) is 0. The van der Waals surface area contributed by atoms with Crippen LogP contribution in [-0.4, -0.2) is 38.4 Å². The Kier molecular flexibility index (Phi) is 4.89. The number of nitrogens with zero attached hydrogens (tertiary/aromatic N) is 4. The highest BCUT2D eigenvalue weighted by Gasteiger charge is 2.53. The number of rotatable bonds is 5. The van der Waals surface area contributed by atoms with Gasteiger partial charge in [0.1, 0.15) is 5.82 Å². The van der Waals surface area contributed by atoms with Gasteiger partial charge in [-0.1, -0.05) is 30.3 Å². The van der Waals surface area contributed by atoms with Gasteiger partial charge in [0.2, 0.25) is 5.91 Å². The summed E-state index contributed by atoms with van der Waals surface area (Å²) >= 11 is 0. The van der Waals surface area contributed by atoms with Gasteiger partial charge < -0.3 is 9.47 Å². The molecule has 30 heavy (non-hydrogen) atoms. The first kappa shape index (κ1) is 19.0. The molecule has 2 fully saturated rings. The van der Waals surface area contributed by atoms with Crippen LogP contribution < -0.4 is 0 Å². The van der Waals surface area contributed by atoms with Crippen LogP contribution in [0.4, 0.5) is 0 Å². The van der Waals surface area contributed by atoms with E-state index >= 15 is 0 Å². The topological polar surface area (TPSA) is 51.0 Å². The van der Waals surface area contributed by atoms with Crippen molar-refractivity contribution in [3.8, 4) is 11.4 Å². The summed E-state index contributed by atoms with van der Waals surface area (Å²) in [6.45, 7) is 4.70. The molecule has 1 saturated carbocycles. The van der Waals surface area contributed by atoms with Crippen molar-refractivity contribution in [2.75, 3.05) is 13.1 Å². The van der Waals surface area contributed by atoms with Gasteiger partial charge in [-0.2, -0.15) is 0 Å². The normalized spacial score (nSPS) is 20.2. The Morgan fingerprint density at radius 1 is 1.13 bits per heavy atom. The van der Waals surface area contributed by atoms with Gasteiger partial charge in [-0.25, -0.2) is 4.98 Å². The summed E-state index contributed by atoms with van der Waals surface area (Å²) in [6.07, 6.45) is 9.75. The molecular formula is C25H28N4O. The van der Waals surface area contributed by atoms with Crippen molar-refractivity contribution in [2.45, 2.75) is 44.6 Å². The smallest absolute Gasteiger partial charge is 0.233 e. The van der Waals surface area contributed by atoms with Gasteiger partial charge in [-0.3, -0.25) is 9.78 Å². The first-order valence-corrected chi connectivity index (χ1v) is 10.9. The van der Waals surface area contributed by atoms with E-state index in [0.29, 0.717) is 11.8 Å². The van der Waals surface area contributed by atoms with Crippen LogP contribution in [0.2, 0.25) is 0 Å². The Morgan fingerprint density at radius 2 is 1.97 bits per heavy atom. The molecule has 154 valence electrons. The van der Waals surface area contributed by atoms with Gasteiger partial charge in [-0.15, -0.1) is 0 Å². The number of hydrogen-bond donors (Lipinski definition) is 0. The molecule has 1 unspecified atom stereocenters. The quantitative estimate of drug-likeness (QED) is 0.644. The molecule has 0 bridgehead atoms. The summed E-state index contributed by atoms with van der Waals surface area (Å²) in [5.74, 6) is 1.73. The standard InChI is InChI=1S/C25H28N4O/c1-19-15-27-23(21-8-5-13-26-16-21)29(19)18-20-7-6-14-28(17-20)24(30)25(11-12-25)22-9-3-2-4-10-22/h2-5,8-10,13,15-16,20H,6-7,11-12,14,17-18H2,1H3. The molecule has 3 heterocycles. The van der Waals surface area contributed by atoms with Gasteiger partial charge in [0.05, 0.1) is 5.41 Å². The van der Waals surface area contributed by atoms with Crippen molar-refractivity contribution in [1.29, 1.82) is 0 Å². The van der Waals surface area contributed by atoms with Gasteiger partial charge in [0.25, 0.3) is 0 Å². The van der Waals surface area contributed by atoms with Gasteiger partial charge >= 0.3 is 0 Å². The minimum atomic E-state index is -0.269. The molecule has 5 heteroatoms. The van der Waals surface area contributed by atoms with Crippen molar-refractivity contribution in [3.05, 3.63) is 72.3 Å². The number of benzene rings is 1. The average molecular weight is 401 g/mol. The zero-order chi connectivity index (χ0) is 20.6. The van der Waals surface area contributed by atoms with Crippen molar-refractivity contribution < 1.29 is 4.79 Å². The Balaban J connectivity index is 1.33. The molecular weight excluding hydrogens is 372 g/mol. The zero-order valence-corrected chi connectivity index (χ0v) is 17.5. The number of piperidine rings is 1. The molecule has 0 N–H and O–H groups in total. The number of aromatic nitrogens is 3. The van der Waals surface area contributed by atoms with E-state index in [2.05, 4.69) is 44.6 Å². The number of imidazole rings is 1. The molecule has 5 rings (SSSR count). The van der Waals surface area contributed by atoms with E-state index in [0.717, 1.165) is 62.4 Å². The number of aryl methyl sites for hydroxylation is 1. The summed E-state index contributed by atoms with van der Waals surface area (Å²) in [5.41, 5.74) is 3.10. The minimum absolute atomic E-state index is 0.269. The highest BCUT2D eigenvalue weighted by molar-refractivity contribution is 5.91. The summed E-state index contributed by atoms with van der Waals surface area (Å²) in [6, 6.07) is 14.3. The number of carbonyl (C=O) groups excluding carboxylic acids is 1. The van der Waals surface area contributed by atoms with Crippen LogP contribution in [0.3, 0.4) is 0 Å². The van der Waals surface area contributed by atoms with Crippen LogP contribution in [-0.2, 0) is 16.8 Å². The third kappa shape index (κ3) is 3.42. The molecule has 5 nitrogen and oxygen atoms in total. The lowest BCUT2D eigenvalue weighted by Crippen LogP contribution is -2.45. The third-order valence-electron chi connectivity index (χ3n) is 6.71. The lowest BCUT2D eigenvalue weighted by atomic mass is 9.91. The maximum absolute atomic E-state index is 13.5. The Labute approximate surface area is 177 Å². The minimum Gasteiger partial charge on any atom is -0.342 e. The summed E-state index contributed by atoms with van der Waals surface area (Å²) in [5, 5.41) is 0. The van der Waals surface area contributed by atoms with Gasteiger partial charge in [-0.05, 0) is 56.2 Å². The maximum atomic E-state index is 13.5. The predicted molar refractivity (Wildman–Crippen MR) is 117 cm³/mol. The van der Waals surface area contributed by atoms with E-state index in [1.54, 1.807) is 6.20 Å². The van der Waals surface area contributed by atoms with E-state index in [-0.39, 0.29) is 5.41 Å². The van der Waals surface area contributed by atoms with E-state index in [1.165, 1.54) is 5.56 Å². The fourth-order valence-electron chi connectivity index (χ4n) is 4.88. The summed E-state index contributed by atoms with van der Waals surface area (Å²) < 4.78 is 2.29. The van der Waals surface area contributed by atoms with Crippen LogP contribution in [0.15, 0.2) is 61.1 Å². The molecule has 1 amide bonds. The first-order valence-electron chi connectivity index (χ1n) is 10.9. The maximum Gasteiger partial charge on any atom is 0.233 e. The highest BCUT2D eigenvalue weighted by atomic mass is 16.2. The molecule has 1 aromatic carbocycles. The van der Waals surface area contributed by atoms with Crippen LogP contribution in [0.25, 0.3) is 11.4 Å². The Hall–Kier alpha value is -2.95. The monoisotopic (exact) mass is 400 g/mol. The second kappa shape index (κ2) is 7.71. The molecule has 1 saturated heterocycles. The van der Waals surface area contributed by atoms with E-state index in [1.807, 2.05) is 36.7 Å². The molecule has 2 aromatic heterocycles. The highest BCUT2D eigenvalue weighted by Crippen LogP contribution is 2.50. The largest absolute Gasteiger partial charge is 0.342 e. The summed E-state index contributed by atoms with van der Waals surface area (Å²) in [4.78, 5) is 24.5. The van der Waals surface area contributed by atoms with E-state index in [9.17, 15) is 4.79 Å². The Bertz CT molecular complexity index is 1020. The molecule has 0 spiro atoms. The zero-order valence-electron chi connectivity index (χ0n) is 17.5. The first-order chi connectivity index (χ1) is 14.7. The second-order valence-electron chi connectivity index (χ2n) is 8.78. The van der Waals surface area contributed by atoms with Crippen LogP contribution in [0.5, 0.6) is 0 Å². The van der Waals surface area contributed by atoms with Crippen molar-refractivity contribution in [3.63, 3.8) is 0 Å². The van der Waals surface area contributed by atoms with Crippen LogP contribution >= 0.6 is 0 Å². The molecule has 3 aromatic rings. The van der Waals surface area contributed by atoms with Gasteiger partial charge in [0.15, 0.2) is 0 Å². The lowest BCUT2D eigenvalue weighted by molar-refractivity contribution is -0.135. The number of pyridine rings is 1. The predicted octanol–water partition coefficient (Wildman–Crippen LogP) is 4.22. The Morgan fingerprint density at radius 3 is 2.70 bits per heavy atom. The second-order valence-corrected chi connectivity index (χ2v) is 8.78. The SMILES string of the molecule is Cc1cnc(-c2cccnc2)n1CC1CCCN(C(=O)C2(c3ccccc3)CC2)C1. The molecule has 1 atom stereocenters. The fraction of sp³-hybridized carbons (Fsp3) is 0.400. The molecule has 1 aliphatic heterocycles. The molecule has 1 aliphatic carbocycles. The number of hydrogen-bond acceptors (Lipinski definition) is 3. The van der Waals surface area contributed by atoms with Gasteiger partial charge in [0, 0.05) is 49.5 Å². The molecule has 0 radical (unpaired) electrons. The van der Waals surface area contributed by atoms with Crippen molar-refractivity contribution in [2.24, 2.45) is 5.92 Å².